The Hall–Kier alpha value is -1.29. The minimum absolute atomic E-state index is 0.156. The minimum Gasteiger partial charge on any atom is -0.481 e. The van der Waals surface area contributed by atoms with Crippen LogP contribution in [0.3, 0.4) is 0 Å². The van der Waals surface area contributed by atoms with Gasteiger partial charge in [-0.05, 0) is 23.8 Å². The molecular weight excluding hydrogens is 309 g/mol. The smallest absolute Gasteiger partial charge is 0.307 e. The van der Waals surface area contributed by atoms with E-state index in [1.165, 1.54) is 12.3 Å². The fourth-order valence-electron chi connectivity index (χ4n) is 1.73. The van der Waals surface area contributed by atoms with Crippen molar-refractivity contribution in [1.82, 2.24) is 4.98 Å². The molecule has 0 saturated heterocycles. The zero-order chi connectivity index (χ0) is 14.0. The van der Waals surface area contributed by atoms with Gasteiger partial charge in [0.25, 0.3) is 0 Å². The van der Waals surface area contributed by atoms with E-state index < -0.39 is 5.97 Å². The van der Waals surface area contributed by atoms with Gasteiger partial charge in [-0.3, -0.25) is 4.79 Å². The number of halogens is 3. The molecule has 0 bridgehead atoms. The Bertz CT molecular complexity index is 644. The third-order valence-corrected chi connectivity index (χ3v) is 3.27. The predicted octanol–water partition coefficient (Wildman–Crippen LogP) is 4.34. The molecule has 3 nitrogen and oxygen atoms in total. The molecule has 2 rings (SSSR count). The first-order chi connectivity index (χ1) is 8.97. The summed E-state index contributed by atoms with van der Waals surface area (Å²) in [4.78, 5) is 14.9. The summed E-state index contributed by atoms with van der Waals surface area (Å²) >= 11 is 17.8. The van der Waals surface area contributed by atoms with E-state index in [0.717, 1.165) is 0 Å². The first-order valence-corrected chi connectivity index (χ1v) is 6.42. The predicted molar refractivity (Wildman–Crippen MR) is 76.0 cm³/mol. The summed E-state index contributed by atoms with van der Waals surface area (Å²) in [5.41, 5.74) is 1.86. The van der Waals surface area contributed by atoms with E-state index in [-0.39, 0.29) is 11.6 Å². The summed E-state index contributed by atoms with van der Waals surface area (Å²) in [5, 5.41) is 10.1. The third-order valence-electron chi connectivity index (χ3n) is 2.52. The van der Waals surface area contributed by atoms with Gasteiger partial charge in [-0.15, -0.1) is 0 Å². The Morgan fingerprint density at radius 2 is 1.89 bits per heavy atom. The van der Waals surface area contributed by atoms with Gasteiger partial charge >= 0.3 is 5.97 Å². The van der Waals surface area contributed by atoms with Crippen LogP contribution in [0, 0.1) is 0 Å². The molecule has 0 fully saturated rings. The summed E-state index contributed by atoms with van der Waals surface area (Å²) in [6, 6.07) is 6.52. The zero-order valence-electron chi connectivity index (χ0n) is 9.53. The molecule has 0 saturated carbocycles. The highest BCUT2D eigenvalue weighted by Gasteiger charge is 2.13. The molecule has 1 heterocycles. The normalized spacial score (nSPS) is 10.5. The average Bonchev–Trinajstić information content (AvgIpc) is 2.30. The SMILES string of the molecule is O=C(O)Cc1cc(Cl)ncc1-c1ccc(Cl)cc1Cl. The molecule has 0 amide bonds. The van der Waals surface area contributed by atoms with Crippen molar-refractivity contribution in [3.05, 3.63) is 51.2 Å². The second-order valence-corrected chi connectivity index (χ2v) is 5.09. The molecule has 0 aliphatic carbocycles. The van der Waals surface area contributed by atoms with Gasteiger partial charge in [0.2, 0.25) is 0 Å². The fourth-order valence-corrected chi connectivity index (χ4v) is 2.42. The van der Waals surface area contributed by atoms with Gasteiger partial charge in [-0.2, -0.15) is 0 Å². The van der Waals surface area contributed by atoms with Gasteiger partial charge in [0.15, 0.2) is 0 Å². The van der Waals surface area contributed by atoms with Crippen LogP contribution in [0.25, 0.3) is 11.1 Å². The van der Waals surface area contributed by atoms with Crippen LogP contribution in [0.4, 0.5) is 0 Å². The summed E-state index contributed by atoms with van der Waals surface area (Å²) in [5.74, 6) is -0.950. The number of aliphatic carboxylic acids is 1. The van der Waals surface area contributed by atoms with Crippen LogP contribution in [0.15, 0.2) is 30.5 Å². The van der Waals surface area contributed by atoms with Crippen LogP contribution in [0.2, 0.25) is 15.2 Å². The van der Waals surface area contributed by atoms with E-state index in [2.05, 4.69) is 4.98 Å². The number of rotatable bonds is 3. The van der Waals surface area contributed by atoms with E-state index in [1.807, 2.05) is 0 Å². The number of pyridine rings is 1. The maximum atomic E-state index is 10.9. The summed E-state index contributed by atoms with van der Waals surface area (Å²) in [7, 11) is 0. The molecule has 2 aromatic rings. The van der Waals surface area contributed by atoms with Crippen molar-refractivity contribution in [2.75, 3.05) is 0 Å². The quantitative estimate of drug-likeness (QED) is 0.857. The monoisotopic (exact) mass is 315 g/mol. The minimum atomic E-state index is -0.950. The zero-order valence-corrected chi connectivity index (χ0v) is 11.8. The Labute approximate surface area is 124 Å². The number of hydrogen-bond acceptors (Lipinski definition) is 2. The van der Waals surface area contributed by atoms with Crippen LogP contribution < -0.4 is 0 Å². The van der Waals surface area contributed by atoms with Gasteiger partial charge in [0, 0.05) is 27.4 Å². The molecule has 1 aromatic carbocycles. The maximum absolute atomic E-state index is 10.9. The molecule has 0 atom stereocenters. The molecular formula is C13H8Cl3NO2. The van der Waals surface area contributed by atoms with Crippen molar-refractivity contribution in [3.63, 3.8) is 0 Å². The topological polar surface area (TPSA) is 50.2 Å². The van der Waals surface area contributed by atoms with Crippen LogP contribution in [0.1, 0.15) is 5.56 Å². The number of carboxylic acids is 1. The highest BCUT2D eigenvalue weighted by Crippen LogP contribution is 2.33. The number of benzene rings is 1. The molecule has 1 N–H and O–H groups in total. The van der Waals surface area contributed by atoms with Crippen molar-refractivity contribution in [3.8, 4) is 11.1 Å². The summed E-state index contributed by atoms with van der Waals surface area (Å²) in [6.45, 7) is 0. The molecule has 0 spiro atoms. The van der Waals surface area contributed by atoms with E-state index in [9.17, 15) is 4.79 Å². The largest absolute Gasteiger partial charge is 0.481 e. The standard InChI is InChI=1S/C13H8Cl3NO2/c14-8-1-2-9(11(15)5-8)10-6-17-12(16)3-7(10)4-13(18)19/h1-3,5-6H,4H2,(H,18,19). The van der Waals surface area contributed by atoms with Crippen molar-refractivity contribution < 1.29 is 9.90 Å². The molecule has 0 aliphatic heterocycles. The highest BCUT2D eigenvalue weighted by molar-refractivity contribution is 6.36. The molecule has 0 aliphatic rings. The first-order valence-electron chi connectivity index (χ1n) is 5.29. The Kier molecular flexibility index (Phi) is 4.30. The van der Waals surface area contributed by atoms with Crippen molar-refractivity contribution in [2.24, 2.45) is 0 Å². The van der Waals surface area contributed by atoms with Crippen LogP contribution >= 0.6 is 34.8 Å². The Morgan fingerprint density at radius 3 is 2.53 bits per heavy atom. The molecule has 6 heteroatoms. The van der Waals surface area contributed by atoms with Crippen LogP contribution in [-0.4, -0.2) is 16.1 Å². The number of carbonyl (C=O) groups is 1. The van der Waals surface area contributed by atoms with Gasteiger partial charge in [-0.25, -0.2) is 4.98 Å². The highest BCUT2D eigenvalue weighted by atomic mass is 35.5. The maximum Gasteiger partial charge on any atom is 0.307 e. The Morgan fingerprint density at radius 1 is 1.16 bits per heavy atom. The molecule has 0 unspecified atom stereocenters. The molecule has 0 radical (unpaired) electrons. The van der Waals surface area contributed by atoms with Crippen molar-refractivity contribution >= 4 is 40.8 Å². The lowest BCUT2D eigenvalue weighted by atomic mass is 10.00. The van der Waals surface area contributed by atoms with Crippen molar-refractivity contribution in [1.29, 1.82) is 0 Å². The van der Waals surface area contributed by atoms with Gasteiger partial charge in [0.1, 0.15) is 5.15 Å². The van der Waals surface area contributed by atoms with E-state index in [0.29, 0.717) is 26.7 Å². The van der Waals surface area contributed by atoms with Gasteiger partial charge in [0.05, 0.1) is 6.42 Å². The number of aromatic nitrogens is 1. The Balaban J connectivity index is 2.57. The first kappa shape index (κ1) is 14.1. The van der Waals surface area contributed by atoms with Gasteiger partial charge in [-0.1, -0.05) is 40.9 Å². The lowest BCUT2D eigenvalue weighted by molar-refractivity contribution is -0.136. The summed E-state index contributed by atoms with van der Waals surface area (Å²) < 4.78 is 0. The summed E-state index contributed by atoms with van der Waals surface area (Å²) in [6.07, 6.45) is 1.35. The lowest BCUT2D eigenvalue weighted by Crippen LogP contribution is -2.02. The van der Waals surface area contributed by atoms with E-state index in [1.54, 1.807) is 18.2 Å². The fraction of sp³-hybridized carbons (Fsp3) is 0.0769. The number of carboxylic acid groups (broad SMARTS) is 1. The molecule has 1 aromatic heterocycles. The number of nitrogens with zero attached hydrogens (tertiary/aromatic N) is 1. The molecule has 98 valence electrons. The van der Waals surface area contributed by atoms with E-state index in [4.69, 9.17) is 39.9 Å². The van der Waals surface area contributed by atoms with E-state index >= 15 is 0 Å². The van der Waals surface area contributed by atoms with Crippen LogP contribution in [-0.2, 0) is 11.2 Å². The van der Waals surface area contributed by atoms with Crippen molar-refractivity contribution in [2.45, 2.75) is 6.42 Å². The lowest BCUT2D eigenvalue weighted by Gasteiger charge is -2.10. The van der Waals surface area contributed by atoms with Crippen LogP contribution in [0.5, 0.6) is 0 Å². The average molecular weight is 317 g/mol. The second-order valence-electron chi connectivity index (χ2n) is 3.86. The van der Waals surface area contributed by atoms with Gasteiger partial charge < -0.3 is 5.11 Å². The molecule has 19 heavy (non-hydrogen) atoms. The second kappa shape index (κ2) is 5.78. The third kappa shape index (κ3) is 3.38. The number of hydrogen-bond donors (Lipinski definition) is 1.